The third-order valence-corrected chi connectivity index (χ3v) is 3.79. The Morgan fingerprint density at radius 3 is 2.67 bits per heavy atom. The summed E-state index contributed by atoms with van der Waals surface area (Å²) in [5.74, 6) is -0.00350. The van der Waals surface area contributed by atoms with E-state index in [0.29, 0.717) is 46.4 Å². The number of nitrogens with one attached hydrogen (secondary N) is 1. The number of nitrogens with zero attached hydrogens (tertiary/aromatic N) is 6. The van der Waals surface area contributed by atoms with Gasteiger partial charge in [0.05, 0.1) is 23.1 Å². The average Bonchev–Trinajstić information content (AvgIpc) is 3.23. The lowest BCUT2D eigenvalue weighted by Gasteiger charge is -2.04. The molecule has 0 saturated carbocycles. The van der Waals surface area contributed by atoms with Crippen molar-refractivity contribution >= 4 is 17.1 Å². The van der Waals surface area contributed by atoms with Crippen molar-refractivity contribution in [1.82, 2.24) is 29.5 Å². The number of fused-ring (bicyclic) bond motifs is 1. The molecular weight excluding hydrogens is 348 g/mol. The first kappa shape index (κ1) is 18.0. The molecule has 0 unspecified atom stereocenters. The van der Waals surface area contributed by atoms with Crippen LogP contribution in [0.2, 0.25) is 0 Å². The van der Waals surface area contributed by atoms with E-state index < -0.39 is 5.91 Å². The van der Waals surface area contributed by atoms with Crippen LogP contribution >= 0.6 is 0 Å². The number of hydrogen-bond donors (Lipinski definition) is 4. The first-order chi connectivity index (χ1) is 12.8. The molecule has 27 heavy (non-hydrogen) atoms. The Bertz CT molecular complexity index is 1080. The maximum absolute atomic E-state index is 11.7. The summed E-state index contributed by atoms with van der Waals surface area (Å²) in [4.78, 5) is 29.0. The van der Waals surface area contributed by atoms with Gasteiger partial charge >= 0.3 is 0 Å². The minimum Gasteiger partial charge on any atom is -0.401 e. The molecule has 0 atom stereocenters. The van der Waals surface area contributed by atoms with Gasteiger partial charge in [-0.25, -0.2) is 9.97 Å². The van der Waals surface area contributed by atoms with Crippen LogP contribution in [0.15, 0.2) is 28.8 Å². The van der Waals surface area contributed by atoms with Gasteiger partial charge in [-0.15, -0.1) is 0 Å². The maximum atomic E-state index is 11.7. The highest BCUT2D eigenvalue weighted by Crippen LogP contribution is 2.22. The van der Waals surface area contributed by atoms with Gasteiger partial charge in [0, 0.05) is 18.4 Å². The van der Waals surface area contributed by atoms with E-state index in [1.54, 1.807) is 30.6 Å². The number of carbonyl (C=O) groups excluding carboxylic acids is 1. The van der Waals surface area contributed by atoms with Crippen molar-refractivity contribution in [3.63, 3.8) is 0 Å². The molecule has 0 aliphatic heterocycles. The van der Waals surface area contributed by atoms with E-state index in [-0.39, 0.29) is 11.6 Å². The summed E-state index contributed by atoms with van der Waals surface area (Å²) in [7, 11) is 0. The zero-order chi connectivity index (χ0) is 19.7. The first-order valence-corrected chi connectivity index (χ1v) is 8.17. The van der Waals surface area contributed by atoms with Crippen molar-refractivity contribution < 1.29 is 4.79 Å². The molecule has 140 valence electrons. The number of hydrogen-bond acceptors (Lipinski definition) is 8. The number of carbonyl (C=O) groups is 1. The van der Waals surface area contributed by atoms with Crippen molar-refractivity contribution in [3.05, 3.63) is 41.1 Å². The Balaban J connectivity index is 2.16. The van der Waals surface area contributed by atoms with Gasteiger partial charge in [0.2, 0.25) is 11.6 Å². The fourth-order valence-corrected chi connectivity index (χ4v) is 2.53. The van der Waals surface area contributed by atoms with Crippen molar-refractivity contribution in [3.8, 4) is 11.5 Å². The van der Waals surface area contributed by atoms with Crippen LogP contribution in [0.1, 0.15) is 36.0 Å². The molecule has 0 saturated heterocycles. The van der Waals surface area contributed by atoms with Crippen LogP contribution in [0, 0.1) is 6.92 Å². The van der Waals surface area contributed by atoms with E-state index in [0.717, 1.165) is 0 Å². The molecule has 3 rings (SSSR count). The molecule has 0 radical (unpaired) electrons. The summed E-state index contributed by atoms with van der Waals surface area (Å²) in [6.45, 7) is 5.83. The van der Waals surface area contributed by atoms with Crippen LogP contribution in [0.5, 0.6) is 0 Å². The van der Waals surface area contributed by atoms with Crippen molar-refractivity contribution in [2.75, 3.05) is 6.54 Å². The van der Waals surface area contributed by atoms with Crippen molar-refractivity contribution in [1.29, 1.82) is 0 Å². The summed E-state index contributed by atoms with van der Waals surface area (Å²) < 4.78 is 1.56. The predicted molar refractivity (Wildman–Crippen MR) is 99.8 cm³/mol. The number of amides is 1. The van der Waals surface area contributed by atoms with Gasteiger partial charge in [0.15, 0.2) is 5.82 Å². The minimum atomic E-state index is -0.670. The molecule has 7 N–H and O–H groups in total. The number of H-pyrrole nitrogens is 1. The topological polar surface area (TPSA) is 179 Å². The van der Waals surface area contributed by atoms with Crippen molar-refractivity contribution in [2.24, 2.45) is 22.2 Å². The lowest BCUT2D eigenvalue weighted by atomic mass is 10.2. The molecular formula is C16H20N10O. The summed E-state index contributed by atoms with van der Waals surface area (Å²) in [6.07, 6.45) is 3.25. The first-order valence-electron chi connectivity index (χ1n) is 8.17. The molecule has 0 aliphatic carbocycles. The fraction of sp³-hybridized carbons (Fsp3) is 0.250. The molecule has 11 nitrogen and oxygen atoms in total. The van der Waals surface area contributed by atoms with Gasteiger partial charge in [-0.05, 0) is 20.8 Å². The van der Waals surface area contributed by atoms with Gasteiger partial charge in [-0.3, -0.25) is 24.3 Å². The van der Waals surface area contributed by atoms with Gasteiger partial charge in [0.25, 0.3) is 5.91 Å². The standard InChI is InChI=1S/C16H20N10O/c1-4-20-12(10(18)8(3)17)15-23-14(24-25-15)11-9-5-21-7(2)6-26(9)16(22-11)13(19)27/h5-6H,4,17-18H2,1-3H3,(H2,19,27)(H,23,24,25)/b10-8+,20-12?. The lowest BCUT2D eigenvalue weighted by molar-refractivity contribution is 0.0990. The number of aryl methyl sites for hydroxylation is 1. The zero-order valence-electron chi connectivity index (χ0n) is 15.2. The van der Waals surface area contributed by atoms with Crippen LogP contribution < -0.4 is 17.2 Å². The largest absolute Gasteiger partial charge is 0.401 e. The molecule has 11 heteroatoms. The van der Waals surface area contributed by atoms with E-state index in [4.69, 9.17) is 17.2 Å². The molecule has 3 aromatic rings. The summed E-state index contributed by atoms with van der Waals surface area (Å²) in [6, 6.07) is 0. The number of allylic oxidation sites excluding steroid dienone is 2. The smallest absolute Gasteiger partial charge is 0.285 e. The molecule has 3 aromatic heterocycles. The number of aliphatic imine (C=N–C) groups is 1. The van der Waals surface area contributed by atoms with E-state index >= 15 is 0 Å². The number of imidazole rings is 1. The number of rotatable bonds is 5. The van der Waals surface area contributed by atoms with E-state index in [2.05, 4.69) is 30.1 Å². The van der Waals surface area contributed by atoms with Crippen LogP contribution in [0.3, 0.4) is 0 Å². The zero-order valence-corrected chi connectivity index (χ0v) is 15.2. The van der Waals surface area contributed by atoms with Crippen LogP contribution in [-0.4, -0.2) is 47.7 Å². The quantitative estimate of drug-likeness (QED) is 0.453. The number of aromatic nitrogens is 6. The highest BCUT2D eigenvalue weighted by atomic mass is 16.1. The SMILES string of the molecule is CCN=C(/C(N)=C(/C)N)c1nc(-c2nc(C(N)=O)n3cc(C)ncc23)n[nH]1. The number of nitrogens with two attached hydrogens (primary N) is 3. The van der Waals surface area contributed by atoms with Gasteiger partial charge in [-0.2, -0.15) is 5.10 Å². The Labute approximate surface area is 154 Å². The second-order valence-electron chi connectivity index (χ2n) is 5.86. The second-order valence-corrected chi connectivity index (χ2v) is 5.86. The highest BCUT2D eigenvalue weighted by Gasteiger charge is 2.21. The fourth-order valence-electron chi connectivity index (χ4n) is 2.53. The average molecular weight is 368 g/mol. The molecule has 3 heterocycles. The molecule has 0 spiro atoms. The minimum absolute atomic E-state index is 0.0662. The van der Waals surface area contributed by atoms with Crippen LogP contribution in [0.25, 0.3) is 17.0 Å². The Kier molecular flexibility index (Phi) is 4.59. The number of primary amides is 1. The third-order valence-electron chi connectivity index (χ3n) is 3.79. The highest BCUT2D eigenvalue weighted by molar-refractivity contribution is 6.10. The normalized spacial score (nSPS) is 13.1. The van der Waals surface area contributed by atoms with Gasteiger partial charge in [0.1, 0.15) is 11.4 Å². The van der Waals surface area contributed by atoms with E-state index in [9.17, 15) is 4.79 Å². The van der Waals surface area contributed by atoms with Gasteiger partial charge in [-0.1, -0.05) is 0 Å². The Morgan fingerprint density at radius 1 is 1.30 bits per heavy atom. The van der Waals surface area contributed by atoms with Crippen LogP contribution in [-0.2, 0) is 0 Å². The predicted octanol–water partition coefficient (Wildman–Crippen LogP) is -0.120. The van der Waals surface area contributed by atoms with E-state index in [1.807, 2.05) is 6.92 Å². The van der Waals surface area contributed by atoms with Gasteiger partial charge < -0.3 is 17.2 Å². The molecule has 1 amide bonds. The third kappa shape index (κ3) is 3.21. The lowest BCUT2D eigenvalue weighted by Crippen LogP contribution is -2.19. The molecule has 0 bridgehead atoms. The monoisotopic (exact) mass is 368 g/mol. The summed E-state index contributed by atoms with van der Waals surface area (Å²) >= 11 is 0. The Morgan fingerprint density at radius 2 is 2.04 bits per heavy atom. The molecule has 0 aliphatic rings. The van der Waals surface area contributed by atoms with E-state index in [1.165, 1.54) is 0 Å². The number of aromatic amines is 1. The molecule has 0 aromatic carbocycles. The maximum Gasteiger partial charge on any atom is 0.285 e. The second kappa shape index (κ2) is 6.86. The molecule has 0 fully saturated rings. The van der Waals surface area contributed by atoms with Crippen LogP contribution in [0.4, 0.5) is 0 Å². The Hall–Kier alpha value is -3.76. The summed E-state index contributed by atoms with van der Waals surface area (Å²) in [5, 5.41) is 6.98. The van der Waals surface area contributed by atoms with Crippen molar-refractivity contribution in [2.45, 2.75) is 20.8 Å². The summed E-state index contributed by atoms with van der Waals surface area (Å²) in [5.41, 5.74) is 20.0.